The van der Waals surface area contributed by atoms with E-state index in [1.165, 1.54) is 16.7 Å². The van der Waals surface area contributed by atoms with Crippen LogP contribution in [0.4, 0.5) is 0 Å². The second-order valence-electron chi connectivity index (χ2n) is 4.14. The van der Waals surface area contributed by atoms with Gasteiger partial charge in [0.1, 0.15) is 12.3 Å². The van der Waals surface area contributed by atoms with E-state index in [4.69, 9.17) is 45.1 Å². The number of alkyl halides is 3. The third-order valence-electron chi connectivity index (χ3n) is 2.68. The fourth-order valence-corrected chi connectivity index (χ4v) is 3.19. The van der Waals surface area contributed by atoms with Crippen LogP contribution < -0.4 is 0 Å². The summed E-state index contributed by atoms with van der Waals surface area (Å²) in [5.74, 6) is -0.777. The first-order chi connectivity index (χ1) is 9.26. The Hall–Kier alpha value is -0.720. The second kappa shape index (κ2) is 5.58. The number of carbonyl (C=O) groups excluding carboxylic acids is 2. The summed E-state index contributed by atoms with van der Waals surface area (Å²) in [6, 6.07) is 0. The van der Waals surface area contributed by atoms with Crippen LogP contribution in [0.25, 0.3) is 5.53 Å². The van der Waals surface area contributed by atoms with Gasteiger partial charge in [0, 0.05) is 5.75 Å². The Kier molecular flexibility index (Phi) is 4.37. The molecule has 0 bridgehead atoms. The standard InChI is InChI=1S/C10H8Cl3N3O3S/c1-4-2-20-8-5(15-14)7(17)16(8)6(4)9(18)19-3-10(11,12)13/h8H,2-3H2,1H3/t8-/m0/s1. The maximum atomic E-state index is 12.0. The first-order valence-corrected chi connectivity index (χ1v) is 7.55. The number of carbonyl (C=O) groups is 2. The lowest BCUT2D eigenvalue weighted by Crippen LogP contribution is -2.62. The van der Waals surface area contributed by atoms with Gasteiger partial charge in [-0.1, -0.05) is 34.8 Å². The molecular weight excluding hydrogens is 349 g/mol. The van der Waals surface area contributed by atoms with E-state index < -0.39 is 27.6 Å². The monoisotopic (exact) mass is 355 g/mol. The molecule has 1 fully saturated rings. The zero-order valence-electron chi connectivity index (χ0n) is 10.1. The lowest BCUT2D eigenvalue weighted by Gasteiger charge is -2.39. The summed E-state index contributed by atoms with van der Waals surface area (Å²) >= 11 is 17.9. The molecule has 0 saturated carbocycles. The van der Waals surface area contributed by atoms with Crippen molar-refractivity contribution >= 4 is 64.2 Å². The Morgan fingerprint density at radius 1 is 1.60 bits per heavy atom. The molecule has 6 nitrogen and oxygen atoms in total. The Morgan fingerprint density at radius 3 is 2.80 bits per heavy atom. The van der Waals surface area contributed by atoms with Gasteiger partial charge in [0.05, 0.1) is 0 Å². The van der Waals surface area contributed by atoms with Crippen molar-refractivity contribution in [1.82, 2.24) is 4.90 Å². The van der Waals surface area contributed by atoms with Crippen LogP contribution in [-0.4, -0.2) is 48.8 Å². The third-order valence-corrected chi connectivity index (χ3v) is 4.35. The summed E-state index contributed by atoms with van der Waals surface area (Å²) in [4.78, 5) is 28.0. The van der Waals surface area contributed by atoms with Crippen molar-refractivity contribution < 1.29 is 19.1 Å². The normalized spacial score (nSPS) is 22.2. The molecule has 2 rings (SSSR count). The smallest absolute Gasteiger partial charge is 0.389 e. The molecule has 0 radical (unpaired) electrons. The highest BCUT2D eigenvalue weighted by Crippen LogP contribution is 2.38. The van der Waals surface area contributed by atoms with Crippen LogP contribution in [0.2, 0.25) is 0 Å². The van der Waals surface area contributed by atoms with E-state index in [1.807, 2.05) is 0 Å². The number of β-lactam (4-membered cyclic amide) rings is 1. The second-order valence-corrected chi connectivity index (χ2v) is 7.73. The average Bonchev–Trinajstić information content (AvgIpc) is 2.36. The number of halogens is 3. The van der Waals surface area contributed by atoms with E-state index in [9.17, 15) is 9.59 Å². The zero-order chi connectivity index (χ0) is 15.1. The van der Waals surface area contributed by atoms with Gasteiger partial charge in [0.2, 0.25) is 3.79 Å². The molecule has 0 aliphatic carbocycles. The third kappa shape index (κ3) is 2.82. The molecule has 0 N–H and O–H groups in total. The molecule has 1 saturated heterocycles. The van der Waals surface area contributed by atoms with E-state index in [1.54, 1.807) is 6.92 Å². The minimum absolute atomic E-state index is 0.00850. The molecule has 2 aliphatic heterocycles. The predicted octanol–water partition coefficient (Wildman–Crippen LogP) is 1.76. The number of amides is 1. The van der Waals surface area contributed by atoms with Gasteiger partial charge in [-0.2, -0.15) is 4.79 Å². The lowest BCUT2D eigenvalue weighted by atomic mass is 10.1. The molecule has 0 aromatic carbocycles. The van der Waals surface area contributed by atoms with Crippen LogP contribution in [0, 0.1) is 0 Å². The summed E-state index contributed by atoms with van der Waals surface area (Å²) in [6.07, 6.45) is 0. The summed E-state index contributed by atoms with van der Waals surface area (Å²) in [5, 5.41) is -0.480. The van der Waals surface area contributed by atoms with Crippen LogP contribution in [0.1, 0.15) is 6.92 Å². The highest BCUT2D eigenvalue weighted by Gasteiger charge is 2.57. The van der Waals surface area contributed by atoms with Gasteiger partial charge < -0.3 is 10.3 Å². The van der Waals surface area contributed by atoms with Crippen LogP contribution in [0.3, 0.4) is 0 Å². The molecule has 20 heavy (non-hydrogen) atoms. The fraction of sp³-hybridized carbons (Fsp3) is 0.500. The lowest BCUT2D eigenvalue weighted by molar-refractivity contribution is -0.146. The molecule has 0 spiro atoms. The Labute approximate surface area is 133 Å². The quantitative estimate of drug-likeness (QED) is 0.248. The number of thioether (sulfide) groups is 1. The van der Waals surface area contributed by atoms with Gasteiger partial charge in [-0.25, -0.2) is 4.79 Å². The van der Waals surface area contributed by atoms with Crippen molar-refractivity contribution in [2.45, 2.75) is 16.1 Å². The predicted molar refractivity (Wildman–Crippen MR) is 75.7 cm³/mol. The summed E-state index contributed by atoms with van der Waals surface area (Å²) in [6.45, 7) is 1.28. The van der Waals surface area contributed by atoms with Crippen LogP contribution in [-0.2, 0) is 14.3 Å². The van der Waals surface area contributed by atoms with Crippen molar-refractivity contribution in [3.63, 3.8) is 0 Å². The van der Waals surface area contributed by atoms with Crippen molar-refractivity contribution in [3.8, 4) is 0 Å². The van der Waals surface area contributed by atoms with Gasteiger partial charge in [-0.05, 0) is 12.5 Å². The first kappa shape index (κ1) is 15.7. The molecule has 108 valence electrons. The van der Waals surface area contributed by atoms with Crippen LogP contribution >= 0.6 is 46.6 Å². The van der Waals surface area contributed by atoms with Crippen molar-refractivity contribution in [1.29, 1.82) is 0 Å². The van der Waals surface area contributed by atoms with Crippen molar-refractivity contribution in [3.05, 3.63) is 16.8 Å². The molecule has 0 unspecified atom stereocenters. The Bertz CT molecular complexity index is 566. The maximum Gasteiger partial charge on any atom is 0.389 e. The SMILES string of the molecule is CC1=C(C(=O)OCC(Cl)(Cl)Cl)N2C(=O)C(=[N+]=[N-])[C@@H]2SC1. The van der Waals surface area contributed by atoms with E-state index in [2.05, 4.69) is 4.79 Å². The van der Waals surface area contributed by atoms with Crippen molar-refractivity contribution in [2.24, 2.45) is 0 Å². The Morgan fingerprint density at radius 2 is 2.25 bits per heavy atom. The number of fused-ring (bicyclic) bond motifs is 1. The molecule has 2 aliphatic rings. The van der Waals surface area contributed by atoms with Crippen molar-refractivity contribution in [2.75, 3.05) is 12.4 Å². The van der Waals surface area contributed by atoms with E-state index in [0.29, 0.717) is 11.3 Å². The number of rotatable bonds is 2. The van der Waals surface area contributed by atoms with Crippen LogP contribution in [0.5, 0.6) is 0 Å². The molecular formula is C10H8Cl3N3O3S. The van der Waals surface area contributed by atoms with Crippen LogP contribution in [0.15, 0.2) is 11.3 Å². The van der Waals surface area contributed by atoms with E-state index in [0.717, 1.165) is 0 Å². The number of ether oxygens (including phenoxy) is 1. The van der Waals surface area contributed by atoms with E-state index >= 15 is 0 Å². The molecule has 1 amide bonds. The van der Waals surface area contributed by atoms with Gasteiger partial charge in [-0.3, -0.25) is 9.69 Å². The van der Waals surface area contributed by atoms with Gasteiger partial charge >= 0.3 is 17.6 Å². The minimum atomic E-state index is -1.72. The summed E-state index contributed by atoms with van der Waals surface area (Å²) < 4.78 is 3.17. The minimum Gasteiger partial charge on any atom is -0.456 e. The largest absolute Gasteiger partial charge is 0.456 e. The van der Waals surface area contributed by atoms with Gasteiger partial charge in [0.15, 0.2) is 5.37 Å². The number of nitrogens with zero attached hydrogens (tertiary/aromatic N) is 3. The topological polar surface area (TPSA) is 83.0 Å². The first-order valence-electron chi connectivity index (χ1n) is 5.37. The zero-order valence-corrected chi connectivity index (χ0v) is 13.2. The van der Waals surface area contributed by atoms with E-state index in [-0.39, 0.29) is 11.4 Å². The van der Waals surface area contributed by atoms with Gasteiger partial charge in [0.25, 0.3) is 0 Å². The molecule has 1 atom stereocenters. The summed E-state index contributed by atoms with van der Waals surface area (Å²) in [5.41, 5.74) is 9.53. The Balaban J connectivity index is 2.19. The highest BCUT2D eigenvalue weighted by molar-refractivity contribution is 8.01. The number of hydrogen-bond donors (Lipinski definition) is 0. The molecule has 0 aromatic rings. The maximum absolute atomic E-state index is 12.0. The number of hydrogen-bond acceptors (Lipinski definition) is 4. The molecule has 2 heterocycles. The van der Waals surface area contributed by atoms with Gasteiger partial charge in [-0.15, -0.1) is 11.8 Å². The molecule has 10 heteroatoms. The fourth-order valence-electron chi connectivity index (χ4n) is 1.82. The summed E-state index contributed by atoms with van der Waals surface area (Å²) in [7, 11) is 0. The average molecular weight is 357 g/mol. The highest BCUT2D eigenvalue weighted by atomic mass is 35.6. The number of esters is 1. The molecule has 0 aromatic heterocycles.